The zero-order valence-corrected chi connectivity index (χ0v) is 6.71. The lowest BCUT2D eigenvalue weighted by Gasteiger charge is -1.95. The van der Waals surface area contributed by atoms with Gasteiger partial charge < -0.3 is 5.41 Å². The number of hydrogen-bond donors (Lipinski definition) is 1. The molecule has 0 radical (unpaired) electrons. The number of nitro groups is 1. The van der Waals surface area contributed by atoms with Crippen molar-refractivity contribution in [3.63, 3.8) is 0 Å². The molecule has 62 valence electrons. The predicted octanol–water partition coefficient (Wildman–Crippen LogP) is 2.25. The van der Waals surface area contributed by atoms with Crippen molar-refractivity contribution in [2.45, 2.75) is 0 Å². The Kier molecular flexibility index (Phi) is 2.40. The molecular weight excluding hydrogens is 180 g/mol. The summed E-state index contributed by atoms with van der Waals surface area (Å²) in [4.78, 5) is 9.73. The van der Waals surface area contributed by atoms with Crippen LogP contribution in [0.4, 0.5) is 5.69 Å². The van der Waals surface area contributed by atoms with Crippen molar-refractivity contribution < 1.29 is 4.92 Å². The lowest BCUT2D eigenvalue weighted by Crippen LogP contribution is -1.89. The van der Waals surface area contributed by atoms with Gasteiger partial charge in [-0.05, 0) is 17.7 Å². The third-order valence-corrected chi connectivity index (χ3v) is 1.64. The molecule has 0 amide bonds. The second-order valence-electron chi connectivity index (χ2n) is 2.11. The van der Waals surface area contributed by atoms with Crippen molar-refractivity contribution >= 4 is 23.5 Å². The molecule has 0 aliphatic carbocycles. The van der Waals surface area contributed by atoms with E-state index in [1.165, 1.54) is 18.2 Å². The molecule has 0 heterocycles. The highest BCUT2D eigenvalue weighted by atomic mass is 35.5. The lowest BCUT2D eigenvalue weighted by molar-refractivity contribution is -0.384. The van der Waals surface area contributed by atoms with Gasteiger partial charge in [-0.3, -0.25) is 10.1 Å². The monoisotopic (exact) mass is 184 g/mol. The first-order valence-electron chi connectivity index (χ1n) is 3.09. The topological polar surface area (TPSA) is 67.0 Å². The molecule has 5 heteroatoms. The number of nitrogens with zero attached hydrogens (tertiary/aromatic N) is 1. The summed E-state index contributed by atoms with van der Waals surface area (Å²) in [6, 6.07) is 4.13. The maximum atomic E-state index is 10.3. The molecule has 0 bridgehead atoms. The molecule has 0 saturated heterocycles. The van der Waals surface area contributed by atoms with Crippen LogP contribution in [0.15, 0.2) is 18.2 Å². The second kappa shape index (κ2) is 3.32. The van der Waals surface area contributed by atoms with Gasteiger partial charge in [0.15, 0.2) is 0 Å². The van der Waals surface area contributed by atoms with Gasteiger partial charge in [-0.1, -0.05) is 11.6 Å². The van der Waals surface area contributed by atoms with Crippen LogP contribution in [0.1, 0.15) is 5.56 Å². The summed E-state index contributed by atoms with van der Waals surface area (Å²) in [6.45, 7) is 0. The van der Waals surface area contributed by atoms with Gasteiger partial charge in [0.05, 0.1) is 4.92 Å². The van der Waals surface area contributed by atoms with E-state index in [1.807, 2.05) is 0 Å². The lowest BCUT2D eigenvalue weighted by atomic mass is 10.2. The standard InChI is InChI=1S/C7H5ClN2O2/c8-6-3-5(4-9)1-2-7(6)10(11)12/h1-4,9H. The van der Waals surface area contributed by atoms with E-state index in [-0.39, 0.29) is 10.7 Å². The highest BCUT2D eigenvalue weighted by molar-refractivity contribution is 6.32. The highest BCUT2D eigenvalue weighted by Gasteiger charge is 2.10. The number of nitro benzene ring substituents is 1. The number of hydrogen-bond acceptors (Lipinski definition) is 3. The molecule has 0 unspecified atom stereocenters. The van der Waals surface area contributed by atoms with E-state index in [2.05, 4.69) is 0 Å². The first-order chi connectivity index (χ1) is 5.65. The number of rotatable bonds is 2. The van der Waals surface area contributed by atoms with Crippen molar-refractivity contribution in [1.82, 2.24) is 0 Å². The van der Waals surface area contributed by atoms with Gasteiger partial charge in [-0.25, -0.2) is 0 Å². The summed E-state index contributed by atoms with van der Waals surface area (Å²) in [5.41, 5.74) is 0.410. The van der Waals surface area contributed by atoms with Crippen LogP contribution in [0, 0.1) is 15.5 Å². The average molecular weight is 185 g/mol. The molecule has 0 aliphatic rings. The first-order valence-corrected chi connectivity index (χ1v) is 3.47. The smallest absolute Gasteiger partial charge is 0.287 e. The van der Waals surface area contributed by atoms with Crippen LogP contribution < -0.4 is 0 Å². The van der Waals surface area contributed by atoms with Gasteiger partial charge in [0.25, 0.3) is 5.69 Å². The van der Waals surface area contributed by atoms with Gasteiger partial charge in [0.2, 0.25) is 0 Å². The van der Waals surface area contributed by atoms with Gasteiger partial charge in [0, 0.05) is 12.3 Å². The number of benzene rings is 1. The quantitative estimate of drug-likeness (QED) is 0.435. The Morgan fingerprint density at radius 1 is 1.58 bits per heavy atom. The van der Waals surface area contributed by atoms with Crippen LogP contribution in [0.3, 0.4) is 0 Å². The maximum absolute atomic E-state index is 10.3. The molecule has 1 aromatic rings. The van der Waals surface area contributed by atoms with Crippen molar-refractivity contribution in [1.29, 1.82) is 5.41 Å². The van der Waals surface area contributed by atoms with E-state index < -0.39 is 4.92 Å². The normalized spacial score (nSPS) is 9.42. The predicted molar refractivity (Wildman–Crippen MR) is 46.0 cm³/mol. The van der Waals surface area contributed by atoms with Gasteiger partial charge >= 0.3 is 0 Å². The number of nitrogens with one attached hydrogen (secondary N) is 1. The zero-order valence-electron chi connectivity index (χ0n) is 5.95. The second-order valence-corrected chi connectivity index (χ2v) is 2.52. The fraction of sp³-hybridized carbons (Fsp3) is 0. The van der Waals surface area contributed by atoms with Gasteiger partial charge in [0.1, 0.15) is 5.02 Å². The SMILES string of the molecule is N=Cc1ccc([N+](=O)[O-])c(Cl)c1. The van der Waals surface area contributed by atoms with E-state index in [9.17, 15) is 10.1 Å². The van der Waals surface area contributed by atoms with Crippen molar-refractivity contribution in [2.24, 2.45) is 0 Å². The van der Waals surface area contributed by atoms with Crippen molar-refractivity contribution in [2.75, 3.05) is 0 Å². The van der Waals surface area contributed by atoms with E-state index in [0.717, 1.165) is 6.21 Å². The van der Waals surface area contributed by atoms with Crippen molar-refractivity contribution in [3.8, 4) is 0 Å². The summed E-state index contributed by atoms with van der Waals surface area (Å²) < 4.78 is 0. The van der Waals surface area contributed by atoms with Crippen LogP contribution in [0.5, 0.6) is 0 Å². The molecule has 0 atom stereocenters. The third-order valence-electron chi connectivity index (χ3n) is 1.34. The summed E-state index contributed by atoms with van der Waals surface area (Å²) >= 11 is 5.56. The minimum absolute atomic E-state index is 0.0565. The molecule has 1 aromatic carbocycles. The van der Waals surface area contributed by atoms with E-state index in [1.54, 1.807) is 0 Å². The van der Waals surface area contributed by atoms with Crippen LogP contribution in [-0.4, -0.2) is 11.1 Å². The van der Waals surface area contributed by atoms with Crippen LogP contribution >= 0.6 is 11.6 Å². The molecule has 0 spiro atoms. The molecule has 1 rings (SSSR count). The molecule has 0 aromatic heterocycles. The maximum Gasteiger partial charge on any atom is 0.287 e. The third kappa shape index (κ3) is 1.60. The van der Waals surface area contributed by atoms with Crippen molar-refractivity contribution in [3.05, 3.63) is 38.9 Å². The highest BCUT2D eigenvalue weighted by Crippen LogP contribution is 2.24. The largest absolute Gasteiger partial charge is 0.308 e. The van der Waals surface area contributed by atoms with Crippen LogP contribution in [-0.2, 0) is 0 Å². The van der Waals surface area contributed by atoms with Gasteiger partial charge in [-0.15, -0.1) is 0 Å². The average Bonchev–Trinajstić information content (AvgIpc) is 2.03. The summed E-state index contributed by atoms with van der Waals surface area (Å²) in [7, 11) is 0. The minimum Gasteiger partial charge on any atom is -0.308 e. The summed E-state index contributed by atoms with van der Waals surface area (Å²) in [6.07, 6.45) is 1.08. The van der Waals surface area contributed by atoms with E-state index in [0.29, 0.717) is 5.56 Å². The molecule has 0 aliphatic heterocycles. The van der Waals surface area contributed by atoms with Crippen LogP contribution in [0.25, 0.3) is 0 Å². The molecule has 1 N–H and O–H groups in total. The molecule has 12 heavy (non-hydrogen) atoms. The Morgan fingerprint density at radius 2 is 2.25 bits per heavy atom. The summed E-state index contributed by atoms with van der Waals surface area (Å²) in [5.74, 6) is 0. The Hall–Kier alpha value is -1.42. The molecule has 4 nitrogen and oxygen atoms in total. The first kappa shape index (κ1) is 8.67. The molecule has 0 saturated carbocycles. The summed E-state index contributed by atoms with van der Waals surface area (Å²) in [5, 5.41) is 17.2. The molecule has 0 fully saturated rings. The fourth-order valence-corrected chi connectivity index (χ4v) is 1.02. The zero-order chi connectivity index (χ0) is 9.14. The Balaban J connectivity index is 3.20. The van der Waals surface area contributed by atoms with E-state index >= 15 is 0 Å². The van der Waals surface area contributed by atoms with Gasteiger partial charge in [-0.2, -0.15) is 0 Å². The Morgan fingerprint density at radius 3 is 2.67 bits per heavy atom. The molecular formula is C7H5ClN2O2. The van der Waals surface area contributed by atoms with E-state index in [4.69, 9.17) is 17.0 Å². The Bertz CT molecular complexity index is 338. The minimum atomic E-state index is -0.559. The number of halogens is 1. The van der Waals surface area contributed by atoms with Crippen LogP contribution in [0.2, 0.25) is 5.02 Å². The fourth-order valence-electron chi connectivity index (χ4n) is 0.761. The Labute approximate surface area is 73.4 Å².